The molecule has 1 aliphatic carbocycles. The highest BCUT2D eigenvalue weighted by Crippen LogP contribution is 2.28. The Morgan fingerprint density at radius 1 is 1.30 bits per heavy atom. The monoisotopic (exact) mass is 311 g/mol. The normalized spacial score (nSPS) is 18.0. The van der Waals surface area contributed by atoms with E-state index in [4.69, 9.17) is 38.1 Å². The first kappa shape index (κ1) is 14.9. The summed E-state index contributed by atoms with van der Waals surface area (Å²) in [5.41, 5.74) is 0.890. The Hall–Kier alpha value is -1.45. The quantitative estimate of drug-likeness (QED) is 0.633. The molecule has 0 aliphatic heterocycles. The SMILES string of the molecule is N=CCOc1cccc(OCC2=C(Cl)C=CCC2Cl)c1. The van der Waals surface area contributed by atoms with Gasteiger partial charge in [0.25, 0.3) is 0 Å². The molecule has 3 nitrogen and oxygen atoms in total. The van der Waals surface area contributed by atoms with Crippen LogP contribution in [0.4, 0.5) is 0 Å². The molecular formula is C15H15Cl2NO2. The Labute approximate surface area is 128 Å². The van der Waals surface area contributed by atoms with Crippen LogP contribution in [0.1, 0.15) is 6.42 Å². The van der Waals surface area contributed by atoms with Crippen molar-refractivity contribution in [2.45, 2.75) is 11.8 Å². The highest BCUT2D eigenvalue weighted by molar-refractivity contribution is 6.33. The molecule has 0 bridgehead atoms. The second-order valence-corrected chi connectivity index (χ2v) is 5.19. The van der Waals surface area contributed by atoms with Crippen LogP contribution in [-0.4, -0.2) is 24.8 Å². The highest BCUT2D eigenvalue weighted by Gasteiger charge is 2.17. The molecule has 5 heteroatoms. The van der Waals surface area contributed by atoms with Crippen LogP contribution in [0.3, 0.4) is 0 Å². The van der Waals surface area contributed by atoms with Crippen LogP contribution in [0.2, 0.25) is 0 Å². The molecular weight excluding hydrogens is 297 g/mol. The van der Waals surface area contributed by atoms with E-state index in [1.165, 1.54) is 6.21 Å². The minimum absolute atomic E-state index is 0.121. The van der Waals surface area contributed by atoms with Gasteiger partial charge >= 0.3 is 0 Å². The molecule has 0 fully saturated rings. The summed E-state index contributed by atoms with van der Waals surface area (Å²) in [6, 6.07) is 7.27. The van der Waals surface area contributed by atoms with Gasteiger partial charge in [0.15, 0.2) is 0 Å². The first-order chi connectivity index (χ1) is 9.70. The van der Waals surface area contributed by atoms with Gasteiger partial charge in [-0.25, -0.2) is 0 Å². The van der Waals surface area contributed by atoms with E-state index in [0.29, 0.717) is 23.1 Å². The Morgan fingerprint density at radius 3 is 2.75 bits per heavy atom. The molecule has 2 rings (SSSR count). The zero-order valence-electron chi connectivity index (χ0n) is 10.8. The van der Waals surface area contributed by atoms with Crippen LogP contribution >= 0.6 is 23.2 Å². The van der Waals surface area contributed by atoms with Gasteiger partial charge in [-0.1, -0.05) is 23.7 Å². The van der Waals surface area contributed by atoms with E-state index in [1.54, 1.807) is 6.07 Å². The van der Waals surface area contributed by atoms with Crippen LogP contribution in [-0.2, 0) is 0 Å². The summed E-state index contributed by atoms with van der Waals surface area (Å²) < 4.78 is 11.0. The molecule has 0 saturated carbocycles. The molecule has 0 amide bonds. The zero-order chi connectivity index (χ0) is 14.4. The lowest BCUT2D eigenvalue weighted by molar-refractivity contribution is 0.339. The fourth-order valence-corrected chi connectivity index (χ4v) is 2.42. The number of alkyl halides is 1. The summed E-state index contributed by atoms with van der Waals surface area (Å²) in [6.07, 6.45) is 5.77. The molecule has 1 unspecified atom stereocenters. The lowest BCUT2D eigenvalue weighted by Crippen LogP contribution is -2.14. The van der Waals surface area contributed by atoms with E-state index >= 15 is 0 Å². The third kappa shape index (κ3) is 4.02. The summed E-state index contributed by atoms with van der Waals surface area (Å²) >= 11 is 12.3. The third-order valence-electron chi connectivity index (χ3n) is 2.83. The minimum Gasteiger partial charge on any atom is -0.489 e. The largest absolute Gasteiger partial charge is 0.489 e. The van der Waals surface area contributed by atoms with Crippen LogP contribution in [0.25, 0.3) is 0 Å². The second kappa shape index (κ2) is 7.36. The number of hydrogen-bond donors (Lipinski definition) is 1. The average Bonchev–Trinajstić information content (AvgIpc) is 2.45. The first-order valence-corrected chi connectivity index (χ1v) is 7.06. The number of benzene rings is 1. The lowest BCUT2D eigenvalue weighted by Gasteiger charge is -2.18. The van der Waals surface area contributed by atoms with Crippen molar-refractivity contribution < 1.29 is 9.47 Å². The van der Waals surface area contributed by atoms with E-state index in [9.17, 15) is 0 Å². The maximum Gasteiger partial charge on any atom is 0.123 e. The van der Waals surface area contributed by atoms with Gasteiger partial charge in [-0.05, 0) is 24.6 Å². The Balaban J connectivity index is 2.00. The average molecular weight is 312 g/mol. The Bertz CT molecular complexity index is 540. The van der Waals surface area contributed by atoms with Crippen molar-refractivity contribution in [3.63, 3.8) is 0 Å². The summed E-state index contributed by atoms with van der Waals surface area (Å²) in [5, 5.41) is 7.47. The van der Waals surface area contributed by atoms with Crippen LogP contribution in [0.15, 0.2) is 47.0 Å². The van der Waals surface area contributed by atoms with Crippen LogP contribution in [0.5, 0.6) is 11.5 Å². The Kier molecular flexibility index (Phi) is 5.50. The van der Waals surface area contributed by atoms with Gasteiger partial charge in [0.2, 0.25) is 0 Å². The molecule has 0 spiro atoms. The Morgan fingerprint density at radius 2 is 2.05 bits per heavy atom. The van der Waals surface area contributed by atoms with Crippen molar-refractivity contribution in [2.75, 3.05) is 13.2 Å². The van der Waals surface area contributed by atoms with Gasteiger partial charge in [-0.15, -0.1) is 11.6 Å². The smallest absolute Gasteiger partial charge is 0.123 e. The topological polar surface area (TPSA) is 42.3 Å². The van der Waals surface area contributed by atoms with Crippen molar-refractivity contribution >= 4 is 29.4 Å². The number of allylic oxidation sites excluding steroid dienone is 3. The van der Waals surface area contributed by atoms with Crippen molar-refractivity contribution in [1.29, 1.82) is 5.41 Å². The standard InChI is InChI=1S/C15H15Cl2NO2/c16-14-5-2-6-15(17)13(14)10-20-12-4-1-3-11(9-12)19-8-7-18/h1-5,7,9,15,18H,6,8,10H2. The number of rotatable bonds is 6. The molecule has 0 aromatic heterocycles. The van der Waals surface area contributed by atoms with Crippen LogP contribution in [0, 0.1) is 5.41 Å². The van der Waals surface area contributed by atoms with Crippen molar-refractivity contribution in [3.8, 4) is 11.5 Å². The van der Waals surface area contributed by atoms with E-state index in [-0.39, 0.29) is 12.0 Å². The van der Waals surface area contributed by atoms with Crippen molar-refractivity contribution in [3.05, 3.63) is 47.0 Å². The fourth-order valence-electron chi connectivity index (χ4n) is 1.80. The lowest BCUT2D eigenvalue weighted by atomic mass is 10.1. The first-order valence-electron chi connectivity index (χ1n) is 6.24. The predicted octanol–water partition coefficient (Wildman–Crippen LogP) is 4.15. The van der Waals surface area contributed by atoms with Gasteiger partial charge in [0, 0.05) is 22.9 Å². The van der Waals surface area contributed by atoms with E-state index in [0.717, 1.165) is 12.0 Å². The van der Waals surface area contributed by atoms with Gasteiger partial charge in [0.05, 0.1) is 5.38 Å². The summed E-state index contributed by atoms with van der Waals surface area (Å²) in [5.74, 6) is 1.35. The fraction of sp³-hybridized carbons (Fsp3) is 0.267. The molecule has 106 valence electrons. The highest BCUT2D eigenvalue weighted by atomic mass is 35.5. The summed E-state index contributed by atoms with van der Waals surface area (Å²) in [4.78, 5) is 0. The van der Waals surface area contributed by atoms with Gasteiger partial charge < -0.3 is 14.9 Å². The van der Waals surface area contributed by atoms with E-state index < -0.39 is 0 Å². The zero-order valence-corrected chi connectivity index (χ0v) is 12.3. The molecule has 1 aliphatic rings. The number of hydrogen-bond acceptors (Lipinski definition) is 3. The number of halogens is 2. The van der Waals surface area contributed by atoms with Crippen LogP contribution < -0.4 is 9.47 Å². The van der Waals surface area contributed by atoms with Crippen molar-refractivity contribution in [2.24, 2.45) is 0 Å². The summed E-state index contributed by atoms with van der Waals surface area (Å²) in [7, 11) is 0. The number of nitrogens with one attached hydrogen (secondary N) is 1. The van der Waals surface area contributed by atoms with Crippen molar-refractivity contribution in [1.82, 2.24) is 0 Å². The minimum atomic E-state index is -0.121. The summed E-state index contributed by atoms with van der Waals surface area (Å²) in [6.45, 7) is 0.598. The molecule has 1 atom stereocenters. The molecule has 1 aromatic carbocycles. The maximum absolute atomic E-state index is 6.94. The molecule has 0 radical (unpaired) electrons. The van der Waals surface area contributed by atoms with E-state index in [2.05, 4.69) is 0 Å². The molecule has 0 saturated heterocycles. The van der Waals surface area contributed by atoms with Gasteiger partial charge in [-0.2, -0.15) is 0 Å². The maximum atomic E-state index is 6.94. The van der Waals surface area contributed by atoms with Gasteiger partial charge in [0.1, 0.15) is 24.7 Å². The molecule has 1 aromatic rings. The van der Waals surface area contributed by atoms with Gasteiger partial charge in [-0.3, -0.25) is 0 Å². The predicted molar refractivity (Wildman–Crippen MR) is 82.5 cm³/mol. The van der Waals surface area contributed by atoms with E-state index in [1.807, 2.05) is 30.4 Å². The molecule has 1 N–H and O–H groups in total. The third-order valence-corrected chi connectivity index (χ3v) is 3.64. The molecule has 20 heavy (non-hydrogen) atoms. The second-order valence-electron chi connectivity index (χ2n) is 4.26. The molecule has 0 heterocycles. The number of ether oxygens (including phenoxy) is 2.